The molecule has 1 atom stereocenters. The number of Topliss-reactive ketones (excluding diaryl/α,β-unsaturated/α-hetero) is 1. The number of benzene rings is 2. The maximum Gasteiger partial charge on any atom is 0.271 e. The van der Waals surface area contributed by atoms with Crippen molar-refractivity contribution in [3.63, 3.8) is 0 Å². The Kier molecular flexibility index (Phi) is 5.13. The Balaban J connectivity index is 2.00. The van der Waals surface area contributed by atoms with Crippen molar-refractivity contribution < 1.29 is 9.18 Å². The smallest absolute Gasteiger partial charge is 0.271 e. The van der Waals surface area contributed by atoms with Gasteiger partial charge in [-0.15, -0.1) is 0 Å². The van der Waals surface area contributed by atoms with Gasteiger partial charge in [0.25, 0.3) is 5.56 Å². The van der Waals surface area contributed by atoms with Gasteiger partial charge in [0.1, 0.15) is 10.6 Å². The van der Waals surface area contributed by atoms with E-state index in [-0.39, 0.29) is 17.2 Å². The first kappa shape index (κ1) is 18.2. The van der Waals surface area contributed by atoms with Crippen LogP contribution in [0.2, 0.25) is 0 Å². The third-order valence-electron chi connectivity index (χ3n) is 4.10. The molecule has 26 heavy (non-hydrogen) atoms. The number of para-hydroxylation sites is 1. The summed E-state index contributed by atoms with van der Waals surface area (Å²) in [6, 6.07) is 14.5. The van der Waals surface area contributed by atoms with Gasteiger partial charge in [-0.05, 0) is 55.3 Å². The van der Waals surface area contributed by atoms with Gasteiger partial charge in [-0.3, -0.25) is 9.59 Å². The van der Waals surface area contributed by atoms with Crippen LogP contribution in [0.15, 0.2) is 59.4 Å². The van der Waals surface area contributed by atoms with Crippen LogP contribution >= 0.6 is 15.9 Å². The van der Waals surface area contributed by atoms with E-state index in [1.165, 1.54) is 35.0 Å². The molecule has 0 spiro atoms. The van der Waals surface area contributed by atoms with Crippen LogP contribution in [0.25, 0.3) is 5.69 Å². The van der Waals surface area contributed by atoms with Crippen molar-refractivity contribution in [1.29, 1.82) is 0 Å². The van der Waals surface area contributed by atoms with Crippen molar-refractivity contribution in [2.45, 2.75) is 18.7 Å². The third kappa shape index (κ3) is 3.51. The van der Waals surface area contributed by atoms with Gasteiger partial charge in [0.15, 0.2) is 5.78 Å². The molecule has 6 heteroatoms. The van der Waals surface area contributed by atoms with Gasteiger partial charge in [-0.1, -0.05) is 34.1 Å². The van der Waals surface area contributed by atoms with Crippen LogP contribution in [0.5, 0.6) is 0 Å². The Hall–Kier alpha value is -2.60. The molecule has 1 unspecified atom stereocenters. The van der Waals surface area contributed by atoms with E-state index in [1.807, 2.05) is 25.1 Å². The van der Waals surface area contributed by atoms with Crippen molar-refractivity contribution in [1.82, 2.24) is 9.78 Å². The zero-order valence-electron chi connectivity index (χ0n) is 14.2. The second-order valence-electron chi connectivity index (χ2n) is 5.99. The average Bonchev–Trinajstić information content (AvgIpc) is 2.64. The highest BCUT2D eigenvalue weighted by Crippen LogP contribution is 2.26. The lowest BCUT2D eigenvalue weighted by atomic mass is 10.0. The molecule has 0 amide bonds. The standard InChI is InChI=1S/C20H16BrFN2O2/c1-12-5-3-4-6-17(12)24-18(25)10-9-16(23-24)19(21)20(26)14-7-8-15(22)13(2)11-14/h3-11,19H,1-2H3. The number of alkyl halides is 1. The fourth-order valence-electron chi connectivity index (χ4n) is 2.61. The lowest BCUT2D eigenvalue weighted by Crippen LogP contribution is -2.23. The summed E-state index contributed by atoms with van der Waals surface area (Å²) in [4.78, 5) is 24.2. The Bertz CT molecular complexity index is 1050. The van der Waals surface area contributed by atoms with E-state index in [1.54, 1.807) is 13.0 Å². The van der Waals surface area contributed by atoms with Crippen molar-refractivity contribution >= 4 is 21.7 Å². The van der Waals surface area contributed by atoms with Crippen LogP contribution in [-0.4, -0.2) is 15.6 Å². The van der Waals surface area contributed by atoms with Gasteiger partial charge < -0.3 is 0 Å². The van der Waals surface area contributed by atoms with E-state index < -0.39 is 4.83 Å². The van der Waals surface area contributed by atoms with Crippen molar-refractivity contribution in [3.8, 4) is 5.69 Å². The molecule has 3 rings (SSSR count). The zero-order chi connectivity index (χ0) is 18.8. The van der Waals surface area contributed by atoms with Crippen LogP contribution < -0.4 is 5.56 Å². The molecule has 0 aliphatic carbocycles. The number of rotatable bonds is 4. The second kappa shape index (κ2) is 7.33. The monoisotopic (exact) mass is 414 g/mol. The summed E-state index contributed by atoms with van der Waals surface area (Å²) < 4.78 is 14.7. The molecule has 0 aliphatic heterocycles. The predicted octanol–water partition coefficient (Wildman–Crippen LogP) is 4.31. The number of aryl methyl sites for hydroxylation is 2. The number of hydrogen-bond acceptors (Lipinski definition) is 3. The minimum Gasteiger partial charge on any atom is -0.292 e. The first-order valence-corrected chi connectivity index (χ1v) is 8.91. The van der Waals surface area contributed by atoms with Crippen molar-refractivity contribution in [2.24, 2.45) is 0 Å². The quantitative estimate of drug-likeness (QED) is 0.472. The summed E-state index contributed by atoms with van der Waals surface area (Å²) in [6.07, 6.45) is 0. The van der Waals surface area contributed by atoms with Gasteiger partial charge >= 0.3 is 0 Å². The highest BCUT2D eigenvalue weighted by Gasteiger charge is 2.22. The van der Waals surface area contributed by atoms with E-state index in [0.29, 0.717) is 22.5 Å². The predicted molar refractivity (Wildman–Crippen MR) is 102 cm³/mol. The molecule has 132 valence electrons. The van der Waals surface area contributed by atoms with E-state index in [9.17, 15) is 14.0 Å². The Labute approximate surface area is 158 Å². The molecule has 1 heterocycles. The molecule has 0 bridgehead atoms. The maximum atomic E-state index is 13.4. The molecule has 1 aromatic heterocycles. The molecular formula is C20H16BrFN2O2. The number of carbonyl (C=O) groups is 1. The molecule has 0 fully saturated rings. The molecule has 0 saturated carbocycles. The fourth-order valence-corrected chi connectivity index (χ4v) is 3.12. The molecule has 0 aliphatic rings. The van der Waals surface area contributed by atoms with Gasteiger partial charge in [-0.25, -0.2) is 4.39 Å². The summed E-state index contributed by atoms with van der Waals surface area (Å²) in [6.45, 7) is 3.49. The first-order chi connectivity index (χ1) is 12.4. The number of halogens is 2. The molecular weight excluding hydrogens is 399 g/mol. The summed E-state index contributed by atoms with van der Waals surface area (Å²) in [5.41, 5.74) is 2.44. The second-order valence-corrected chi connectivity index (χ2v) is 6.90. The molecule has 3 aromatic rings. The molecule has 2 aromatic carbocycles. The van der Waals surface area contributed by atoms with E-state index in [0.717, 1.165) is 5.56 Å². The highest BCUT2D eigenvalue weighted by molar-refractivity contribution is 9.09. The van der Waals surface area contributed by atoms with Crippen molar-refractivity contribution in [2.75, 3.05) is 0 Å². The first-order valence-electron chi connectivity index (χ1n) is 7.99. The Morgan fingerprint density at radius 3 is 2.50 bits per heavy atom. The number of ketones is 1. The normalized spacial score (nSPS) is 12.0. The zero-order valence-corrected chi connectivity index (χ0v) is 15.8. The van der Waals surface area contributed by atoms with Gasteiger partial charge in [0.2, 0.25) is 0 Å². The molecule has 0 N–H and O–H groups in total. The van der Waals surface area contributed by atoms with Gasteiger partial charge in [0.05, 0.1) is 11.4 Å². The number of carbonyl (C=O) groups excluding carboxylic acids is 1. The fraction of sp³-hybridized carbons (Fsp3) is 0.150. The van der Waals surface area contributed by atoms with Crippen LogP contribution in [0.3, 0.4) is 0 Å². The van der Waals surface area contributed by atoms with E-state index in [4.69, 9.17) is 0 Å². The Morgan fingerprint density at radius 2 is 1.81 bits per heavy atom. The average molecular weight is 415 g/mol. The number of aromatic nitrogens is 2. The SMILES string of the molecule is Cc1cc(C(=O)C(Br)c2ccc(=O)n(-c3ccccc3C)n2)ccc1F. The van der Waals surface area contributed by atoms with Crippen molar-refractivity contribution in [3.05, 3.63) is 93.2 Å². The molecule has 4 nitrogen and oxygen atoms in total. The minimum absolute atomic E-state index is 0.254. The van der Waals surface area contributed by atoms with Crippen LogP contribution in [0, 0.1) is 19.7 Å². The van der Waals surface area contributed by atoms with E-state index in [2.05, 4.69) is 21.0 Å². The molecule has 0 saturated heterocycles. The minimum atomic E-state index is -0.747. The lowest BCUT2D eigenvalue weighted by molar-refractivity contribution is 0.0990. The summed E-state index contributed by atoms with van der Waals surface area (Å²) >= 11 is 3.36. The number of hydrogen-bond donors (Lipinski definition) is 0. The molecule has 0 radical (unpaired) electrons. The van der Waals surface area contributed by atoms with Crippen LogP contribution in [0.4, 0.5) is 4.39 Å². The van der Waals surface area contributed by atoms with Crippen LogP contribution in [0.1, 0.15) is 32.0 Å². The van der Waals surface area contributed by atoms with Gasteiger partial charge in [0, 0.05) is 11.6 Å². The lowest BCUT2D eigenvalue weighted by Gasteiger charge is -2.13. The van der Waals surface area contributed by atoms with E-state index >= 15 is 0 Å². The third-order valence-corrected chi connectivity index (χ3v) is 4.98. The highest BCUT2D eigenvalue weighted by atomic mass is 79.9. The summed E-state index contributed by atoms with van der Waals surface area (Å²) in [7, 11) is 0. The van der Waals surface area contributed by atoms with Crippen LogP contribution in [-0.2, 0) is 0 Å². The maximum absolute atomic E-state index is 13.4. The van der Waals surface area contributed by atoms with Gasteiger partial charge in [-0.2, -0.15) is 9.78 Å². The summed E-state index contributed by atoms with van der Waals surface area (Å²) in [5.74, 6) is -0.616. The largest absolute Gasteiger partial charge is 0.292 e. The summed E-state index contributed by atoms with van der Waals surface area (Å²) in [5, 5.41) is 4.35. The number of nitrogens with zero attached hydrogens (tertiary/aromatic N) is 2. The topological polar surface area (TPSA) is 52.0 Å². The Morgan fingerprint density at radius 1 is 1.08 bits per heavy atom.